The first-order chi connectivity index (χ1) is 6.20. The number of nitrogens with zero attached hydrogens (tertiary/aromatic N) is 2. The first kappa shape index (κ1) is 8.65. The molecule has 1 aliphatic heterocycles. The summed E-state index contributed by atoms with van der Waals surface area (Å²) in [5.41, 5.74) is 6.91. The predicted octanol–water partition coefficient (Wildman–Crippen LogP) is 0.374. The van der Waals surface area contributed by atoms with E-state index < -0.39 is 0 Å². The molecule has 0 saturated carbocycles. The van der Waals surface area contributed by atoms with Crippen LogP contribution in [-0.4, -0.2) is 28.3 Å². The van der Waals surface area contributed by atoms with E-state index >= 15 is 0 Å². The molecule has 0 aliphatic carbocycles. The Morgan fingerprint density at radius 2 is 2.54 bits per heavy atom. The first-order valence-corrected chi connectivity index (χ1v) is 4.94. The van der Waals surface area contributed by atoms with Crippen LogP contribution in [0.15, 0.2) is 11.6 Å². The van der Waals surface area contributed by atoms with E-state index in [1.807, 2.05) is 5.38 Å². The number of likely N-dealkylation sites (N-methyl/N-ethyl adjacent to an activating group) is 1. The topological polar surface area (TPSA) is 59.2 Å². The third-order valence-corrected chi connectivity index (χ3v) is 3.02. The van der Waals surface area contributed by atoms with Crippen molar-refractivity contribution in [3.63, 3.8) is 0 Å². The third kappa shape index (κ3) is 1.34. The standard InChI is InChI=1S/C8H11N3OS/c1-11-7(12)2-6(9)8(11)5-3-10-13-4-5/h3-4,6,8H,2,9H2,1H3. The average molecular weight is 197 g/mol. The molecule has 1 aliphatic rings. The van der Waals surface area contributed by atoms with Gasteiger partial charge < -0.3 is 10.6 Å². The van der Waals surface area contributed by atoms with Crippen LogP contribution < -0.4 is 5.73 Å². The summed E-state index contributed by atoms with van der Waals surface area (Å²) in [4.78, 5) is 13.0. The second-order valence-corrected chi connectivity index (χ2v) is 3.93. The molecule has 1 amide bonds. The molecule has 4 nitrogen and oxygen atoms in total. The fraction of sp³-hybridized carbons (Fsp3) is 0.500. The molecule has 0 spiro atoms. The maximum atomic E-state index is 11.3. The predicted molar refractivity (Wildman–Crippen MR) is 50.2 cm³/mol. The number of carbonyl (C=O) groups excluding carboxylic acids is 1. The first-order valence-electron chi connectivity index (χ1n) is 4.10. The lowest BCUT2D eigenvalue weighted by atomic mass is 10.1. The Labute approximate surface area is 80.5 Å². The van der Waals surface area contributed by atoms with Crippen molar-refractivity contribution in [2.24, 2.45) is 5.73 Å². The summed E-state index contributed by atoms with van der Waals surface area (Å²) >= 11 is 1.39. The summed E-state index contributed by atoms with van der Waals surface area (Å²) in [6, 6.07) is -0.0693. The average Bonchev–Trinajstić information content (AvgIpc) is 2.63. The minimum Gasteiger partial charge on any atom is -0.337 e. The number of hydrogen-bond donors (Lipinski definition) is 1. The van der Waals surface area contributed by atoms with Crippen molar-refractivity contribution in [2.75, 3.05) is 7.05 Å². The van der Waals surface area contributed by atoms with Crippen LogP contribution in [0.3, 0.4) is 0 Å². The van der Waals surface area contributed by atoms with Crippen LogP contribution in [0.2, 0.25) is 0 Å². The van der Waals surface area contributed by atoms with E-state index in [-0.39, 0.29) is 18.0 Å². The Morgan fingerprint density at radius 1 is 1.77 bits per heavy atom. The second-order valence-electron chi connectivity index (χ2n) is 3.28. The van der Waals surface area contributed by atoms with E-state index in [1.165, 1.54) is 11.5 Å². The maximum absolute atomic E-state index is 11.3. The molecule has 0 bridgehead atoms. The monoisotopic (exact) mass is 197 g/mol. The Bertz CT molecular complexity index is 311. The van der Waals surface area contributed by atoms with Gasteiger partial charge in [0, 0.05) is 36.7 Å². The maximum Gasteiger partial charge on any atom is 0.224 e. The van der Waals surface area contributed by atoms with Crippen molar-refractivity contribution in [2.45, 2.75) is 18.5 Å². The number of likely N-dealkylation sites (tertiary alicyclic amines) is 1. The highest BCUT2D eigenvalue weighted by molar-refractivity contribution is 7.03. The molecule has 0 radical (unpaired) electrons. The molecular formula is C8H11N3OS. The Morgan fingerprint density at radius 3 is 3.00 bits per heavy atom. The number of hydrogen-bond acceptors (Lipinski definition) is 4. The van der Waals surface area contributed by atoms with Crippen LogP contribution in [0.5, 0.6) is 0 Å². The van der Waals surface area contributed by atoms with Crippen molar-refractivity contribution in [3.8, 4) is 0 Å². The van der Waals surface area contributed by atoms with Crippen LogP contribution in [0, 0.1) is 0 Å². The molecule has 5 heteroatoms. The summed E-state index contributed by atoms with van der Waals surface area (Å²) in [5, 5.41) is 1.94. The fourth-order valence-electron chi connectivity index (χ4n) is 1.73. The molecule has 0 aromatic carbocycles. The number of amides is 1. The minimum atomic E-state index is -0.0890. The highest BCUT2D eigenvalue weighted by Crippen LogP contribution is 2.30. The van der Waals surface area contributed by atoms with Crippen LogP contribution in [0.25, 0.3) is 0 Å². The van der Waals surface area contributed by atoms with E-state index in [1.54, 1.807) is 18.1 Å². The molecule has 1 saturated heterocycles. The summed E-state index contributed by atoms with van der Waals surface area (Å²) in [5.74, 6) is 0.115. The van der Waals surface area contributed by atoms with Gasteiger partial charge in [-0.1, -0.05) is 0 Å². The van der Waals surface area contributed by atoms with Gasteiger partial charge in [-0.05, 0) is 11.5 Å². The van der Waals surface area contributed by atoms with E-state index in [0.717, 1.165) is 5.56 Å². The van der Waals surface area contributed by atoms with Crippen molar-refractivity contribution in [1.29, 1.82) is 0 Å². The summed E-state index contributed by atoms with van der Waals surface area (Å²) < 4.78 is 4.01. The van der Waals surface area contributed by atoms with Gasteiger partial charge in [0.2, 0.25) is 5.91 Å². The van der Waals surface area contributed by atoms with Gasteiger partial charge in [-0.3, -0.25) is 4.79 Å². The van der Waals surface area contributed by atoms with Crippen LogP contribution in [0.1, 0.15) is 18.0 Å². The second kappa shape index (κ2) is 3.08. The zero-order chi connectivity index (χ0) is 9.42. The third-order valence-electron chi connectivity index (χ3n) is 2.42. The Kier molecular flexibility index (Phi) is 2.05. The molecule has 2 heterocycles. The van der Waals surface area contributed by atoms with E-state index in [9.17, 15) is 4.79 Å². The number of aromatic nitrogens is 1. The van der Waals surface area contributed by atoms with Crippen LogP contribution in [-0.2, 0) is 4.79 Å². The fourth-order valence-corrected chi connectivity index (χ4v) is 2.29. The van der Waals surface area contributed by atoms with E-state index in [2.05, 4.69) is 4.37 Å². The molecule has 2 N–H and O–H groups in total. The zero-order valence-corrected chi connectivity index (χ0v) is 8.12. The molecule has 1 aromatic heterocycles. The Balaban J connectivity index is 2.29. The highest BCUT2D eigenvalue weighted by Gasteiger charge is 2.36. The van der Waals surface area contributed by atoms with Crippen molar-refractivity contribution in [3.05, 3.63) is 17.1 Å². The lowest BCUT2D eigenvalue weighted by Gasteiger charge is -2.21. The smallest absolute Gasteiger partial charge is 0.224 e. The normalized spacial score (nSPS) is 28.5. The van der Waals surface area contributed by atoms with Gasteiger partial charge in [-0.25, -0.2) is 4.37 Å². The van der Waals surface area contributed by atoms with Crippen LogP contribution in [0.4, 0.5) is 0 Å². The summed E-state index contributed by atoms with van der Waals surface area (Å²) in [6.45, 7) is 0. The van der Waals surface area contributed by atoms with Gasteiger partial charge in [0.25, 0.3) is 0 Å². The molecule has 2 rings (SSSR count). The number of carbonyl (C=O) groups is 1. The van der Waals surface area contributed by atoms with Crippen molar-refractivity contribution >= 4 is 17.4 Å². The van der Waals surface area contributed by atoms with Crippen molar-refractivity contribution in [1.82, 2.24) is 9.27 Å². The lowest BCUT2D eigenvalue weighted by Crippen LogP contribution is -2.29. The van der Waals surface area contributed by atoms with Gasteiger partial charge in [0.15, 0.2) is 0 Å². The van der Waals surface area contributed by atoms with Gasteiger partial charge in [0.1, 0.15) is 0 Å². The van der Waals surface area contributed by atoms with Gasteiger partial charge in [-0.2, -0.15) is 0 Å². The van der Waals surface area contributed by atoms with Gasteiger partial charge in [0.05, 0.1) is 6.04 Å². The number of rotatable bonds is 1. The van der Waals surface area contributed by atoms with Gasteiger partial charge >= 0.3 is 0 Å². The molecule has 1 fully saturated rings. The van der Waals surface area contributed by atoms with E-state index in [4.69, 9.17) is 5.73 Å². The molecular weight excluding hydrogens is 186 g/mol. The SMILES string of the molecule is CN1C(=O)CC(N)C1c1cnsc1. The van der Waals surface area contributed by atoms with Crippen molar-refractivity contribution < 1.29 is 4.79 Å². The molecule has 70 valence electrons. The molecule has 2 unspecified atom stereocenters. The summed E-state index contributed by atoms with van der Waals surface area (Å²) in [6.07, 6.45) is 2.22. The molecule has 1 aromatic rings. The summed E-state index contributed by atoms with van der Waals surface area (Å²) in [7, 11) is 1.79. The minimum absolute atomic E-state index is 0.0197. The number of nitrogens with two attached hydrogens (primary N) is 1. The Hall–Kier alpha value is -0.940. The zero-order valence-electron chi connectivity index (χ0n) is 7.30. The largest absolute Gasteiger partial charge is 0.337 e. The molecule has 13 heavy (non-hydrogen) atoms. The van der Waals surface area contributed by atoms with E-state index in [0.29, 0.717) is 6.42 Å². The lowest BCUT2D eigenvalue weighted by molar-refractivity contribution is -0.127. The quantitative estimate of drug-likeness (QED) is 0.707. The molecule has 2 atom stereocenters. The van der Waals surface area contributed by atoms with Crippen LogP contribution >= 0.6 is 11.5 Å². The van der Waals surface area contributed by atoms with Gasteiger partial charge in [-0.15, -0.1) is 0 Å². The highest BCUT2D eigenvalue weighted by atomic mass is 32.1.